The standard InChI is InChI=1S/C26H37N3O5/c1-2-3-14-27-24(32)22-26-13-12-19(34-26)20(23(31)28-17-18-10-6-4-7-11-18)21(26)25(33)29(22)15-8-5-9-16-30/h4,6-7,10-11,19-22,30H,2-3,5,8-9,12-17H2,1H3,(H,27,32)(H,28,31)/t19-,20+,21+,22?,26?/m1/s1. The van der Waals surface area contributed by atoms with Crippen LogP contribution in [-0.4, -0.2) is 65.2 Å². The maximum absolute atomic E-state index is 13.7. The molecule has 8 nitrogen and oxygen atoms in total. The number of carbonyl (C=O) groups excluding carboxylic acids is 3. The van der Waals surface area contributed by atoms with Gasteiger partial charge in [-0.15, -0.1) is 0 Å². The molecular weight excluding hydrogens is 434 g/mol. The number of fused-ring (bicyclic) bond motifs is 1. The van der Waals surface area contributed by atoms with Crippen LogP contribution in [0.1, 0.15) is 57.4 Å². The Morgan fingerprint density at radius 2 is 1.91 bits per heavy atom. The van der Waals surface area contributed by atoms with Crippen molar-refractivity contribution in [2.24, 2.45) is 11.8 Å². The van der Waals surface area contributed by atoms with Crippen LogP contribution in [0.2, 0.25) is 0 Å². The van der Waals surface area contributed by atoms with Gasteiger partial charge in [-0.1, -0.05) is 43.7 Å². The number of hydrogen-bond acceptors (Lipinski definition) is 5. The highest BCUT2D eigenvalue weighted by Gasteiger charge is 2.74. The zero-order chi connectivity index (χ0) is 24.1. The molecule has 1 spiro atoms. The summed E-state index contributed by atoms with van der Waals surface area (Å²) < 4.78 is 6.41. The van der Waals surface area contributed by atoms with Crippen molar-refractivity contribution in [1.29, 1.82) is 0 Å². The number of carbonyl (C=O) groups is 3. The molecule has 1 aromatic carbocycles. The lowest BCUT2D eigenvalue weighted by Gasteiger charge is -2.33. The number of benzene rings is 1. The molecule has 3 aliphatic heterocycles. The average Bonchev–Trinajstić information content (AvgIpc) is 3.48. The van der Waals surface area contributed by atoms with Crippen molar-refractivity contribution >= 4 is 17.7 Å². The van der Waals surface area contributed by atoms with E-state index in [1.54, 1.807) is 4.90 Å². The van der Waals surface area contributed by atoms with E-state index in [0.717, 1.165) is 24.8 Å². The van der Waals surface area contributed by atoms with Gasteiger partial charge in [0.05, 0.1) is 17.9 Å². The maximum atomic E-state index is 13.7. The smallest absolute Gasteiger partial charge is 0.245 e. The van der Waals surface area contributed by atoms with E-state index in [2.05, 4.69) is 17.6 Å². The highest BCUT2D eigenvalue weighted by molar-refractivity contribution is 5.98. The summed E-state index contributed by atoms with van der Waals surface area (Å²) in [6, 6.07) is 8.96. The summed E-state index contributed by atoms with van der Waals surface area (Å²) in [7, 11) is 0. The van der Waals surface area contributed by atoms with Crippen LogP contribution in [0, 0.1) is 11.8 Å². The van der Waals surface area contributed by atoms with E-state index in [1.165, 1.54) is 0 Å². The fraction of sp³-hybridized carbons (Fsp3) is 0.654. The first kappa shape index (κ1) is 24.7. The molecule has 186 valence electrons. The SMILES string of the molecule is CCCCNC(=O)C1N(CCCCCO)C(=O)[C@@H]2[C@@H](C(=O)NCc3ccccc3)[C@H]3CCC12O3. The van der Waals surface area contributed by atoms with E-state index in [9.17, 15) is 14.4 Å². The highest BCUT2D eigenvalue weighted by atomic mass is 16.5. The molecule has 0 radical (unpaired) electrons. The van der Waals surface area contributed by atoms with Gasteiger partial charge in [0.25, 0.3) is 0 Å². The van der Waals surface area contributed by atoms with E-state index in [-0.39, 0.29) is 30.4 Å². The summed E-state index contributed by atoms with van der Waals surface area (Å²) in [4.78, 5) is 42.0. The van der Waals surface area contributed by atoms with Gasteiger partial charge in [-0.2, -0.15) is 0 Å². The monoisotopic (exact) mass is 471 g/mol. The molecule has 0 aromatic heterocycles. The van der Waals surface area contributed by atoms with Crippen LogP contribution in [0.4, 0.5) is 0 Å². The number of rotatable bonds is 12. The first-order valence-corrected chi connectivity index (χ1v) is 12.7. The molecule has 3 N–H and O–H groups in total. The Morgan fingerprint density at radius 3 is 2.65 bits per heavy atom. The molecule has 3 amide bonds. The number of likely N-dealkylation sites (tertiary alicyclic amines) is 1. The number of unbranched alkanes of at least 4 members (excludes halogenated alkanes) is 3. The second-order valence-electron chi connectivity index (χ2n) is 9.72. The topological polar surface area (TPSA) is 108 Å². The lowest BCUT2D eigenvalue weighted by Crippen LogP contribution is -2.55. The van der Waals surface area contributed by atoms with Gasteiger partial charge in [-0.3, -0.25) is 14.4 Å². The molecule has 1 aromatic rings. The third kappa shape index (κ3) is 4.58. The van der Waals surface area contributed by atoms with Crippen LogP contribution in [0.5, 0.6) is 0 Å². The van der Waals surface area contributed by atoms with Gasteiger partial charge in [0.15, 0.2) is 0 Å². The third-order valence-corrected chi connectivity index (χ3v) is 7.55. The summed E-state index contributed by atoms with van der Waals surface area (Å²) in [6.07, 6.45) is 4.90. The lowest BCUT2D eigenvalue weighted by atomic mass is 9.70. The Morgan fingerprint density at radius 1 is 1.12 bits per heavy atom. The maximum Gasteiger partial charge on any atom is 0.245 e. The van der Waals surface area contributed by atoms with Gasteiger partial charge in [-0.05, 0) is 44.1 Å². The minimum atomic E-state index is -0.941. The van der Waals surface area contributed by atoms with Crippen LogP contribution in [0.25, 0.3) is 0 Å². The van der Waals surface area contributed by atoms with Crippen molar-refractivity contribution in [3.63, 3.8) is 0 Å². The number of ether oxygens (including phenoxy) is 1. The van der Waals surface area contributed by atoms with E-state index >= 15 is 0 Å². The molecule has 3 aliphatic rings. The number of hydrogen-bond donors (Lipinski definition) is 3. The Hall–Kier alpha value is -2.45. The van der Waals surface area contributed by atoms with Crippen LogP contribution in [-0.2, 0) is 25.7 Å². The number of aliphatic hydroxyl groups excluding tert-OH is 1. The first-order valence-electron chi connectivity index (χ1n) is 12.7. The fourth-order valence-electron chi connectivity index (χ4n) is 5.95. The van der Waals surface area contributed by atoms with Crippen LogP contribution < -0.4 is 10.6 Å². The van der Waals surface area contributed by atoms with Gasteiger partial charge in [0.1, 0.15) is 11.6 Å². The first-order chi connectivity index (χ1) is 16.5. The van der Waals surface area contributed by atoms with E-state index in [4.69, 9.17) is 9.84 Å². The molecule has 3 saturated heterocycles. The van der Waals surface area contributed by atoms with Crippen molar-refractivity contribution in [3.05, 3.63) is 35.9 Å². The summed E-state index contributed by atoms with van der Waals surface area (Å²) in [6.45, 7) is 3.55. The average molecular weight is 472 g/mol. The second-order valence-corrected chi connectivity index (χ2v) is 9.72. The number of amides is 3. The molecule has 3 fully saturated rings. The Kier molecular flexibility index (Phi) is 7.88. The quantitative estimate of drug-likeness (QED) is 0.403. The van der Waals surface area contributed by atoms with Crippen LogP contribution in [0.15, 0.2) is 30.3 Å². The molecule has 3 heterocycles. The van der Waals surface area contributed by atoms with Crippen molar-refractivity contribution < 1.29 is 24.2 Å². The predicted molar refractivity (Wildman–Crippen MR) is 126 cm³/mol. The van der Waals surface area contributed by atoms with E-state index in [0.29, 0.717) is 45.3 Å². The van der Waals surface area contributed by atoms with Gasteiger partial charge in [0.2, 0.25) is 17.7 Å². The molecule has 2 bridgehead atoms. The van der Waals surface area contributed by atoms with Gasteiger partial charge < -0.3 is 25.4 Å². The van der Waals surface area contributed by atoms with Crippen molar-refractivity contribution in [2.45, 2.75) is 76.2 Å². The Bertz CT molecular complexity index is 878. The molecule has 8 heteroatoms. The largest absolute Gasteiger partial charge is 0.396 e. The number of aliphatic hydroxyl groups is 1. The van der Waals surface area contributed by atoms with Gasteiger partial charge in [-0.25, -0.2) is 0 Å². The fourth-order valence-corrected chi connectivity index (χ4v) is 5.95. The number of nitrogens with one attached hydrogen (secondary N) is 2. The molecule has 0 aliphatic carbocycles. The minimum Gasteiger partial charge on any atom is -0.396 e. The molecule has 2 unspecified atom stereocenters. The van der Waals surface area contributed by atoms with Crippen LogP contribution >= 0.6 is 0 Å². The predicted octanol–water partition coefficient (Wildman–Crippen LogP) is 1.76. The summed E-state index contributed by atoms with van der Waals surface area (Å²) >= 11 is 0. The van der Waals surface area contributed by atoms with Crippen molar-refractivity contribution in [3.8, 4) is 0 Å². The van der Waals surface area contributed by atoms with Crippen LogP contribution in [0.3, 0.4) is 0 Å². The van der Waals surface area contributed by atoms with Crippen molar-refractivity contribution in [2.75, 3.05) is 19.7 Å². The second kappa shape index (κ2) is 10.9. The molecule has 5 atom stereocenters. The van der Waals surface area contributed by atoms with Crippen molar-refractivity contribution in [1.82, 2.24) is 15.5 Å². The van der Waals surface area contributed by atoms with E-state index in [1.807, 2.05) is 30.3 Å². The Labute approximate surface area is 201 Å². The minimum absolute atomic E-state index is 0.107. The van der Waals surface area contributed by atoms with Gasteiger partial charge in [0, 0.05) is 26.2 Å². The molecule has 0 saturated carbocycles. The Balaban J connectivity index is 1.53. The summed E-state index contributed by atoms with van der Waals surface area (Å²) in [5.41, 5.74) is 0.0510. The third-order valence-electron chi connectivity index (χ3n) is 7.55. The zero-order valence-corrected chi connectivity index (χ0v) is 20.0. The van der Waals surface area contributed by atoms with E-state index < -0.39 is 23.5 Å². The number of nitrogens with zero attached hydrogens (tertiary/aromatic N) is 1. The molecule has 4 rings (SSSR count). The normalized spacial score (nSPS) is 29.4. The molecular formula is C26H37N3O5. The highest BCUT2D eigenvalue weighted by Crippen LogP contribution is 2.58. The molecule has 34 heavy (non-hydrogen) atoms. The summed E-state index contributed by atoms with van der Waals surface area (Å²) in [5, 5.41) is 15.1. The lowest BCUT2D eigenvalue weighted by molar-refractivity contribution is -0.142. The summed E-state index contributed by atoms with van der Waals surface area (Å²) in [5.74, 6) is -1.74. The van der Waals surface area contributed by atoms with Gasteiger partial charge >= 0.3 is 0 Å². The zero-order valence-electron chi connectivity index (χ0n) is 20.0.